The number of nitrogens with zero attached hydrogens (tertiary/aromatic N) is 1. The predicted molar refractivity (Wildman–Crippen MR) is 226 cm³/mol. The Morgan fingerprint density at radius 2 is 1.02 bits per heavy atom. The number of rotatable bonds is 38. The summed E-state index contributed by atoms with van der Waals surface area (Å²) in [4.78, 5) is 37.4. The summed E-state index contributed by atoms with van der Waals surface area (Å²) in [6, 6.07) is 0. The highest BCUT2D eigenvalue weighted by Gasteiger charge is 2.21. The Balaban J connectivity index is 4.50. The number of phosphoric ester groups is 1. The van der Waals surface area contributed by atoms with Crippen molar-refractivity contribution in [2.24, 2.45) is 0 Å². The molecule has 0 aliphatic rings. The average Bonchev–Trinajstić information content (AvgIpc) is 3.13. The minimum absolute atomic E-state index is 0.0454. The molecule has 0 aliphatic carbocycles. The Bertz CT molecular complexity index is 1120. The third-order valence-corrected chi connectivity index (χ3v) is 9.75. The standard InChI is InChI=1S/C45H80NO8P/c1-6-8-10-12-14-16-18-20-22-23-24-26-28-30-32-34-36-38-45(48)54-43(42-53-55(49,50)52-40-39-46(3,4)5)41-51-44(47)37-35-33-31-29-27-25-21-19-17-15-13-11-9-7-2/h10,12,16,18,22-23,26,28,32,34,43H,6-9,11,13-15,17,19-21,24-25,27,29-31,33,35-42H2,1-5H3/b12-10-,18-16-,23-22-,28-26-,34-32-. The van der Waals surface area contributed by atoms with Crippen molar-refractivity contribution in [3.05, 3.63) is 60.8 Å². The van der Waals surface area contributed by atoms with Gasteiger partial charge in [-0.25, -0.2) is 0 Å². The fraction of sp³-hybridized carbons (Fsp3) is 0.733. The van der Waals surface area contributed by atoms with Crippen molar-refractivity contribution < 1.29 is 42.1 Å². The van der Waals surface area contributed by atoms with Gasteiger partial charge in [0.1, 0.15) is 19.8 Å². The van der Waals surface area contributed by atoms with Crippen LogP contribution in [0.2, 0.25) is 0 Å². The number of hydrogen-bond acceptors (Lipinski definition) is 8. The van der Waals surface area contributed by atoms with E-state index in [2.05, 4.69) is 62.5 Å². The maximum atomic E-state index is 12.6. The van der Waals surface area contributed by atoms with Crippen LogP contribution in [0.4, 0.5) is 0 Å². The fourth-order valence-corrected chi connectivity index (χ4v) is 6.14. The van der Waals surface area contributed by atoms with Crippen molar-refractivity contribution in [2.45, 2.75) is 168 Å². The molecule has 0 saturated heterocycles. The van der Waals surface area contributed by atoms with Crippen LogP contribution in [0, 0.1) is 0 Å². The van der Waals surface area contributed by atoms with Crippen molar-refractivity contribution in [1.29, 1.82) is 0 Å². The van der Waals surface area contributed by atoms with Crippen molar-refractivity contribution in [1.82, 2.24) is 0 Å². The SMILES string of the molecule is CCC/C=C\C/C=C\C/C=C\C/C=C\C/C=C\CCC(=O)OC(COC(=O)CCCCCCCCCCCCCCCC)COP(=O)([O-])OCC[N+](C)(C)C. The van der Waals surface area contributed by atoms with E-state index in [0.29, 0.717) is 17.4 Å². The number of phosphoric acid groups is 1. The molecule has 10 heteroatoms. The van der Waals surface area contributed by atoms with Crippen LogP contribution in [0.1, 0.15) is 162 Å². The molecule has 0 saturated carbocycles. The topological polar surface area (TPSA) is 111 Å². The first-order valence-corrected chi connectivity index (χ1v) is 23.0. The summed E-state index contributed by atoms with van der Waals surface area (Å²) in [5.41, 5.74) is 0. The molecule has 0 heterocycles. The van der Waals surface area contributed by atoms with Crippen molar-refractivity contribution in [2.75, 3.05) is 47.5 Å². The van der Waals surface area contributed by atoms with Gasteiger partial charge in [0.2, 0.25) is 0 Å². The van der Waals surface area contributed by atoms with Crippen molar-refractivity contribution >= 4 is 19.8 Å². The smallest absolute Gasteiger partial charge is 0.306 e. The molecule has 0 amide bonds. The number of esters is 2. The maximum Gasteiger partial charge on any atom is 0.306 e. The molecule has 55 heavy (non-hydrogen) atoms. The van der Waals surface area contributed by atoms with Crippen LogP contribution in [0.3, 0.4) is 0 Å². The highest BCUT2D eigenvalue weighted by molar-refractivity contribution is 7.45. The van der Waals surface area contributed by atoms with Gasteiger partial charge in [-0.15, -0.1) is 0 Å². The molecule has 0 aliphatic heterocycles. The van der Waals surface area contributed by atoms with E-state index in [0.717, 1.165) is 51.4 Å². The second-order valence-corrected chi connectivity index (χ2v) is 16.8. The first kappa shape index (κ1) is 52.7. The number of carbonyl (C=O) groups is 2. The van der Waals surface area contributed by atoms with Crippen LogP contribution in [-0.4, -0.2) is 70.0 Å². The largest absolute Gasteiger partial charge is 0.756 e. The summed E-state index contributed by atoms with van der Waals surface area (Å²) in [7, 11) is 1.12. The zero-order valence-corrected chi connectivity index (χ0v) is 36.5. The van der Waals surface area contributed by atoms with Crippen molar-refractivity contribution in [3.63, 3.8) is 0 Å². The molecule has 318 valence electrons. The normalized spacial score (nSPS) is 14.2. The van der Waals surface area contributed by atoms with Crippen LogP contribution in [-0.2, 0) is 32.7 Å². The second-order valence-electron chi connectivity index (χ2n) is 15.4. The Kier molecular flexibility index (Phi) is 35.7. The monoisotopic (exact) mass is 794 g/mol. The lowest BCUT2D eigenvalue weighted by Gasteiger charge is -2.28. The molecule has 2 atom stereocenters. The summed E-state index contributed by atoms with van der Waals surface area (Å²) in [6.07, 6.45) is 44.0. The maximum absolute atomic E-state index is 12.6. The Morgan fingerprint density at radius 1 is 0.564 bits per heavy atom. The lowest BCUT2D eigenvalue weighted by molar-refractivity contribution is -0.870. The molecule has 0 rings (SSSR count). The van der Waals surface area contributed by atoms with Gasteiger partial charge < -0.3 is 27.9 Å². The van der Waals surface area contributed by atoms with Crippen LogP contribution in [0.15, 0.2) is 60.8 Å². The van der Waals surface area contributed by atoms with E-state index in [1.54, 1.807) is 0 Å². The summed E-state index contributed by atoms with van der Waals surface area (Å²) >= 11 is 0. The van der Waals surface area contributed by atoms with E-state index in [1.165, 1.54) is 77.0 Å². The number of unbranched alkanes of at least 4 members (excludes halogenated alkanes) is 14. The first-order valence-electron chi connectivity index (χ1n) is 21.5. The van der Waals surface area contributed by atoms with E-state index in [9.17, 15) is 19.0 Å². The van der Waals surface area contributed by atoms with Gasteiger partial charge in [-0.1, -0.05) is 164 Å². The molecule has 0 aromatic carbocycles. The number of carbonyl (C=O) groups excluding carboxylic acids is 2. The van der Waals surface area contributed by atoms with E-state index >= 15 is 0 Å². The van der Waals surface area contributed by atoms with Gasteiger partial charge in [-0.05, 0) is 44.9 Å². The molecule has 2 unspecified atom stereocenters. The molecule has 0 bridgehead atoms. The average molecular weight is 794 g/mol. The van der Waals surface area contributed by atoms with E-state index in [4.69, 9.17) is 18.5 Å². The third-order valence-electron chi connectivity index (χ3n) is 8.79. The Hall–Kier alpha value is -2.29. The predicted octanol–water partition coefficient (Wildman–Crippen LogP) is 11.4. The van der Waals surface area contributed by atoms with Gasteiger partial charge in [0, 0.05) is 12.8 Å². The molecular weight excluding hydrogens is 713 g/mol. The highest BCUT2D eigenvalue weighted by atomic mass is 31.2. The second kappa shape index (κ2) is 37.3. The molecule has 0 spiro atoms. The summed E-state index contributed by atoms with van der Waals surface area (Å²) in [5, 5.41) is 0. The molecule has 0 aromatic rings. The van der Waals surface area contributed by atoms with Gasteiger partial charge in [0.25, 0.3) is 7.82 Å². The molecular formula is C45H80NO8P. The van der Waals surface area contributed by atoms with Gasteiger partial charge in [0.05, 0.1) is 27.7 Å². The van der Waals surface area contributed by atoms with Crippen LogP contribution in [0.5, 0.6) is 0 Å². The highest BCUT2D eigenvalue weighted by Crippen LogP contribution is 2.38. The van der Waals surface area contributed by atoms with Gasteiger partial charge in [-0.3, -0.25) is 14.2 Å². The van der Waals surface area contributed by atoms with Gasteiger partial charge >= 0.3 is 11.9 Å². The van der Waals surface area contributed by atoms with Crippen molar-refractivity contribution in [3.8, 4) is 0 Å². The Morgan fingerprint density at radius 3 is 1.49 bits per heavy atom. The molecule has 0 N–H and O–H groups in total. The molecule has 9 nitrogen and oxygen atoms in total. The number of allylic oxidation sites excluding steroid dienone is 10. The quantitative estimate of drug-likeness (QED) is 0.0200. The lowest BCUT2D eigenvalue weighted by atomic mass is 10.0. The van der Waals surface area contributed by atoms with Crippen LogP contribution in [0.25, 0.3) is 0 Å². The Labute approximate surface area is 336 Å². The van der Waals surface area contributed by atoms with E-state index in [-0.39, 0.29) is 26.1 Å². The molecule has 0 fully saturated rings. The van der Waals surface area contributed by atoms with Crippen LogP contribution < -0.4 is 4.89 Å². The zero-order chi connectivity index (χ0) is 40.7. The minimum atomic E-state index is -4.64. The van der Waals surface area contributed by atoms with Crippen LogP contribution >= 0.6 is 7.82 Å². The summed E-state index contributed by atoms with van der Waals surface area (Å²) < 4.78 is 33.8. The fourth-order valence-electron chi connectivity index (χ4n) is 5.41. The summed E-state index contributed by atoms with van der Waals surface area (Å²) in [6.45, 7) is 4.06. The number of hydrogen-bond donors (Lipinski definition) is 0. The third kappa shape index (κ3) is 41.2. The van der Waals surface area contributed by atoms with E-state index in [1.807, 2.05) is 33.3 Å². The number of quaternary nitrogens is 1. The zero-order valence-electron chi connectivity index (χ0n) is 35.6. The molecule has 0 aromatic heterocycles. The molecule has 0 radical (unpaired) electrons. The van der Waals surface area contributed by atoms with E-state index < -0.39 is 32.5 Å². The number of ether oxygens (including phenoxy) is 2. The lowest BCUT2D eigenvalue weighted by Crippen LogP contribution is -2.37. The summed E-state index contributed by atoms with van der Waals surface area (Å²) in [5.74, 6) is -0.932. The van der Waals surface area contributed by atoms with Gasteiger partial charge in [-0.2, -0.15) is 0 Å². The first-order chi connectivity index (χ1) is 26.5. The number of likely N-dealkylation sites (N-methyl/N-ethyl adjacent to an activating group) is 1. The van der Waals surface area contributed by atoms with Gasteiger partial charge in [0.15, 0.2) is 6.10 Å². The minimum Gasteiger partial charge on any atom is -0.756 e.